The zero-order valence-corrected chi connectivity index (χ0v) is 14.8. The van der Waals surface area contributed by atoms with Gasteiger partial charge in [0.15, 0.2) is 0 Å². The Hall–Kier alpha value is -2.60. The van der Waals surface area contributed by atoms with E-state index >= 15 is 0 Å². The highest BCUT2D eigenvalue weighted by molar-refractivity contribution is 5.93. The van der Waals surface area contributed by atoms with Crippen LogP contribution < -0.4 is 15.0 Å². The molecule has 1 aliphatic rings. The molecule has 0 bridgehead atoms. The molecular formula is C20H23FN2O3. The third-order valence-electron chi connectivity index (χ3n) is 4.39. The second-order valence-electron chi connectivity index (χ2n) is 6.16. The lowest BCUT2D eigenvalue weighted by Gasteiger charge is -2.29. The van der Waals surface area contributed by atoms with Gasteiger partial charge in [0.05, 0.1) is 26.0 Å². The van der Waals surface area contributed by atoms with E-state index in [9.17, 15) is 9.18 Å². The molecule has 138 valence electrons. The Morgan fingerprint density at radius 2 is 1.92 bits per heavy atom. The molecule has 1 fully saturated rings. The fourth-order valence-corrected chi connectivity index (χ4v) is 2.93. The molecular weight excluding hydrogens is 335 g/mol. The van der Waals surface area contributed by atoms with Gasteiger partial charge in [-0.3, -0.25) is 4.79 Å². The Kier molecular flexibility index (Phi) is 6.07. The van der Waals surface area contributed by atoms with Crippen LogP contribution in [0.4, 0.5) is 15.8 Å². The highest BCUT2D eigenvalue weighted by Gasteiger charge is 2.15. The summed E-state index contributed by atoms with van der Waals surface area (Å²) in [5.41, 5.74) is 2.61. The van der Waals surface area contributed by atoms with Crippen molar-refractivity contribution < 1.29 is 18.7 Å². The molecule has 2 aromatic rings. The average molecular weight is 358 g/mol. The normalized spacial score (nSPS) is 14.2. The summed E-state index contributed by atoms with van der Waals surface area (Å²) in [6, 6.07) is 12.0. The molecule has 1 saturated heterocycles. The highest BCUT2D eigenvalue weighted by Crippen LogP contribution is 2.30. The molecule has 0 aromatic heterocycles. The van der Waals surface area contributed by atoms with E-state index in [-0.39, 0.29) is 11.7 Å². The Morgan fingerprint density at radius 1 is 1.19 bits per heavy atom. The zero-order chi connectivity index (χ0) is 18.4. The number of aryl methyl sites for hydroxylation is 1. The smallest absolute Gasteiger partial charge is 0.224 e. The van der Waals surface area contributed by atoms with Gasteiger partial charge in [0.25, 0.3) is 0 Å². The van der Waals surface area contributed by atoms with E-state index in [4.69, 9.17) is 9.47 Å². The average Bonchev–Trinajstić information content (AvgIpc) is 2.68. The van der Waals surface area contributed by atoms with Gasteiger partial charge in [0, 0.05) is 25.2 Å². The number of carbonyl (C=O) groups is 1. The van der Waals surface area contributed by atoms with Crippen molar-refractivity contribution in [2.24, 2.45) is 0 Å². The molecule has 0 aliphatic carbocycles. The van der Waals surface area contributed by atoms with Crippen molar-refractivity contribution in [3.63, 3.8) is 0 Å². The van der Waals surface area contributed by atoms with Crippen molar-refractivity contribution in [2.45, 2.75) is 12.8 Å². The standard InChI is InChI=1S/C20H23FN2O3/c1-25-19-8-7-17(23-10-12-26-13-11-23)14-18(19)22-20(24)9-4-15-2-5-16(21)6-3-15/h2-3,5-8,14H,4,9-13H2,1H3,(H,22,24). The Labute approximate surface area is 152 Å². The molecule has 2 aromatic carbocycles. The minimum atomic E-state index is -0.275. The molecule has 0 saturated carbocycles. The molecule has 0 atom stereocenters. The van der Waals surface area contributed by atoms with Crippen molar-refractivity contribution in [3.05, 3.63) is 53.8 Å². The number of morpholine rings is 1. The van der Waals surface area contributed by atoms with Crippen LogP contribution in [0.1, 0.15) is 12.0 Å². The number of nitrogens with zero attached hydrogens (tertiary/aromatic N) is 1. The number of rotatable bonds is 6. The van der Waals surface area contributed by atoms with Crippen molar-refractivity contribution in [2.75, 3.05) is 43.6 Å². The number of halogens is 1. The summed E-state index contributed by atoms with van der Waals surface area (Å²) in [6.07, 6.45) is 0.869. The van der Waals surface area contributed by atoms with E-state index in [1.165, 1.54) is 12.1 Å². The number of amides is 1. The summed E-state index contributed by atoms with van der Waals surface area (Å²) in [4.78, 5) is 14.6. The second kappa shape index (κ2) is 8.67. The first kappa shape index (κ1) is 18.2. The molecule has 3 rings (SSSR count). The number of hydrogen-bond donors (Lipinski definition) is 1. The van der Waals surface area contributed by atoms with E-state index in [0.29, 0.717) is 37.5 Å². The minimum Gasteiger partial charge on any atom is -0.495 e. The lowest BCUT2D eigenvalue weighted by Crippen LogP contribution is -2.36. The lowest BCUT2D eigenvalue weighted by atomic mass is 10.1. The molecule has 0 radical (unpaired) electrons. The fourth-order valence-electron chi connectivity index (χ4n) is 2.93. The van der Waals surface area contributed by atoms with Gasteiger partial charge in [-0.2, -0.15) is 0 Å². The number of methoxy groups -OCH3 is 1. The van der Waals surface area contributed by atoms with Gasteiger partial charge in [-0.1, -0.05) is 12.1 Å². The van der Waals surface area contributed by atoms with Gasteiger partial charge >= 0.3 is 0 Å². The maximum absolute atomic E-state index is 12.9. The Morgan fingerprint density at radius 3 is 2.62 bits per heavy atom. The third kappa shape index (κ3) is 4.73. The monoisotopic (exact) mass is 358 g/mol. The molecule has 1 aliphatic heterocycles. The van der Waals surface area contributed by atoms with Crippen LogP contribution in [0.5, 0.6) is 5.75 Å². The first-order valence-corrected chi connectivity index (χ1v) is 8.71. The van der Waals surface area contributed by atoms with Crippen LogP contribution in [0.15, 0.2) is 42.5 Å². The third-order valence-corrected chi connectivity index (χ3v) is 4.39. The largest absolute Gasteiger partial charge is 0.495 e. The molecule has 5 nitrogen and oxygen atoms in total. The highest BCUT2D eigenvalue weighted by atomic mass is 19.1. The van der Waals surface area contributed by atoms with E-state index in [1.807, 2.05) is 18.2 Å². The van der Waals surface area contributed by atoms with E-state index in [0.717, 1.165) is 24.3 Å². The van der Waals surface area contributed by atoms with Crippen LogP contribution in [-0.4, -0.2) is 39.3 Å². The van der Waals surface area contributed by atoms with Crippen LogP contribution in [0, 0.1) is 5.82 Å². The SMILES string of the molecule is COc1ccc(N2CCOCC2)cc1NC(=O)CCc1ccc(F)cc1. The second-order valence-corrected chi connectivity index (χ2v) is 6.16. The minimum absolute atomic E-state index is 0.105. The van der Waals surface area contributed by atoms with Crippen molar-refractivity contribution in [1.29, 1.82) is 0 Å². The van der Waals surface area contributed by atoms with Crippen LogP contribution in [0.2, 0.25) is 0 Å². The first-order chi connectivity index (χ1) is 12.7. The quantitative estimate of drug-likeness (QED) is 0.861. The number of ether oxygens (including phenoxy) is 2. The van der Waals surface area contributed by atoms with Crippen molar-refractivity contribution in [1.82, 2.24) is 0 Å². The first-order valence-electron chi connectivity index (χ1n) is 8.71. The maximum atomic E-state index is 12.9. The Balaban J connectivity index is 1.64. The van der Waals surface area contributed by atoms with Crippen LogP contribution >= 0.6 is 0 Å². The number of carbonyl (C=O) groups excluding carboxylic acids is 1. The molecule has 0 spiro atoms. The predicted octanol–water partition coefficient (Wildman–Crippen LogP) is 3.24. The van der Waals surface area contributed by atoms with Gasteiger partial charge in [0.1, 0.15) is 11.6 Å². The van der Waals surface area contributed by atoms with E-state index in [1.54, 1.807) is 19.2 Å². The number of benzene rings is 2. The summed E-state index contributed by atoms with van der Waals surface area (Å²) in [6.45, 7) is 3.05. The van der Waals surface area contributed by atoms with Crippen molar-refractivity contribution in [3.8, 4) is 5.75 Å². The zero-order valence-electron chi connectivity index (χ0n) is 14.8. The van der Waals surface area contributed by atoms with Crippen LogP contribution in [-0.2, 0) is 16.0 Å². The van der Waals surface area contributed by atoms with E-state index in [2.05, 4.69) is 10.2 Å². The molecule has 1 amide bonds. The Bertz CT molecular complexity index is 743. The molecule has 6 heteroatoms. The fraction of sp³-hybridized carbons (Fsp3) is 0.350. The maximum Gasteiger partial charge on any atom is 0.224 e. The van der Waals surface area contributed by atoms with Gasteiger partial charge in [-0.25, -0.2) is 4.39 Å². The van der Waals surface area contributed by atoms with Gasteiger partial charge in [0.2, 0.25) is 5.91 Å². The molecule has 0 unspecified atom stereocenters. The topological polar surface area (TPSA) is 50.8 Å². The van der Waals surface area contributed by atoms with Gasteiger partial charge < -0.3 is 19.7 Å². The predicted molar refractivity (Wildman–Crippen MR) is 99.4 cm³/mol. The lowest BCUT2D eigenvalue weighted by molar-refractivity contribution is -0.116. The van der Waals surface area contributed by atoms with Gasteiger partial charge in [-0.15, -0.1) is 0 Å². The molecule has 1 heterocycles. The number of hydrogen-bond acceptors (Lipinski definition) is 4. The van der Waals surface area contributed by atoms with Crippen LogP contribution in [0.25, 0.3) is 0 Å². The summed E-state index contributed by atoms with van der Waals surface area (Å²) < 4.78 is 23.7. The summed E-state index contributed by atoms with van der Waals surface area (Å²) in [5.74, 6) is 0.242. The van der Waals surface area contributed by atoms with E-state index < -0.39 is 0 Å². The van der Waals surface area contributed by atoms with Crippen molar-refractivity contribution >= 4 is 17.3 Å². The van der Waals surface area contributed by atoms with Gasteiger partial charge in [-0.05, 0) is 42.3 Å². The van der Waals surface area contributed by atoms with Crippen LogP contribution in [0.3, 0.4) is 0 Å². The summed E-state index contributed by atoms with van der Waals surface area (Å²) in [5, 5.41) is 2.93. The number of anilines is 2. The molecule has 1 N–H and O–H groups in total. The summed E-state index contributed by atoms with van der Waals surface area (Å²) >= 11 is 0. The molecule has 26 heavy (non-hydrogen) atoms. The summed E-state index contributed by atoms with van der Waals surface area (Å²) in [7, 11) is 1.58. The number of nitrogens with one attached hydrogen (secondary N) is 1.